The minimum atomic E-state index is -0.826. The van der Waals surface area contributed by atoms with Crippen LogP contribution in [-0.4, -0.2) is 11.3 Å². The molecule has 0 aliphatic heterocycles. The molecule has 0 saturated heterocycles. The summed E-state index contributed by atoms with van der Waals surface area (Å²) in [6.07, 6.45) is 3.87. The van der Waals surface area contributed by atoms with Crippen molar-refractivity contribution in [3.8, 4) is 5.75 Å². The van der Waals surface area contributed by atoms with Crippen LogP contribution in [0.15, 0.2) is 53.5 Å². The Morgan fingerprint density at radius 2 is 1.71 bits per heavy atom. The van der Waals surface area contributed by atoms with Crippen LogP contribution >= 0.6 is 17.0 Å². The minimum absolute atomic E-state index is 0.0323. The van der Waals surface area contributed by atoms with Gasteiger partial charge in [0.2, 0.25) is 0 Å². The predicted molar refractivity (Wildman–Crippen MR) is 101 cm³/mol. The Morgan fingerprint density at radius 1 is 1.08 bits per heavy atom. The number of hydrogen-bond acceptors (Lipinski definition) is 2. The number of aliphatic imine (C=N–C) groups is 1. The average Bonchev–Trinajstić information content (AvgIpc) is 2.55. The van der Waals surface area contributed by atoms with E-state index < -0.39 is 20.8 Å². The molecule has 0 amide bonds. The second kappa shape index (κ2) is 11.1. The van der Waals surface area contributed by atoms with Crippen LogP contribution in [0.4, 0.5) is 5.69 Å². The molecule has 0 saturated carbocycles. The van der Waals surface area contributed by atoms with Crippen LogP contribution in [0.1, 0.15) is 44.7 Å². The van der Waals surface area contributed by atoms with Crippen LogP contribution in [0, 0.1) is 0 Å². The van der Waals surface area contributed by atoms with E-state index in [0.29, 0.717) is 5.75 Å². The topological polar surface area (TPSA) is 32.6 Å². The number of rotatable bonds is 5. The van der Waals surface area contributed by atoms with Gasteiger partial charge in [0.25, 0.3) is 0 Å². The van der Waals surface area contributed by atoms with Gasteiger partial charge in [0.05, 0.1) is 5.69 Å². The fourth-order valence-corrected chi connectivity index (χ4v) is 2.63. The van der Waals surface area contributed by atoms with E-state index in [4.69, 9.17) is 17.0 Å². The molecule has 128 valence electrons. The average molecular weight is 444 g/mol. The van der Waals surface area contributed by atoms with Gasteiger partial charge in [-0.2, -0.15) is 0 Å². The number of halogens is 2. The maximum atomic E-state index is 10.5. The fourth-order valence-electron chi connectivity index (χ4n) is 2.63. The van der Waals surface area contributed by atoms with Gasteiger partial charge in [-0.05, 0) is 30.0 Å². The van der Waals surface area contributed by atoms with Crippen molar-refractivity contribution in [1.82, 2.24) is 0 Å². The predicted octanol–water partition coefficient (Wildman–Crippen LogP) is 6.60. The Labute approximate surface area is 163 Å². The van der Waals surface area contributed by atoms with Crippen molar-refractivity contribution in [3.63, 3.8) is 0 Å². The van der Waals surface area contributed by atoms with E-state index in [1.807, 2.05) is 48.5 Å². The number of phenols is 1. The van der Waals surface area contributed by atoms with Crippen LogP contribution in [0.25, 0.3) is 0 Å². The first-order chi connectivity index (χ1) is 11.5. The van der Waals surface area contributed by atoms with Gasteiger partial charge < -0.3 is 5.11 Å². The van der Waals surface area contributed by atoms with E-state index in [-0.39, 0.29) is 5.41 Å². The Kier molecular flexibility index (Phi) is 9.89. The van der Waals surface area contributed by atoms with Crippen molar-refractivity contribution in [2.75, 3.05) is 0 Å². The molecule has 2 rings (SSSR count). The standard InChI is InChI=1S/C19H23NO.2ClH.Zr/c1-4-13-19(2,3)17-12-8-9-15(18(17)21)14-20-16-10-6-5-7-11-16;;;/h5-12,14,21H,4,13H2,1-3H3;2*1H;/q;;;+2/p-2. The summed E-state index contributed by atoms with van der Waals surface area (Å²) in [4.78, 5) is 4.42. The summed E-state index contributed by atoms with van der Waals surface area (Å²) in [5.41, 5.74) is 2.60. The zero-order chi connectivity index (χ0) is 18.0. The van der Waals surface area contributed by atoms with E-state index in [1.165, 1.54) is 0 Å². The van der Waals surface area contributed by atoms with Gasteiger partial charge in [0.1, 0.15) is 5.75 Å². The quantitative estimate of drug-likeness (QED) is 0.519. The molecule has 2 nitrogen and oxygen atoms in total. The van der Waals surface area contributed by atoms with Gasteiger partial charge >= 0.3 is 37.9 Å². The molecule has 0 aromatic heterocycles. The van der Waals surface area contributed by atoms with Crippen molar-refractivity contribution in [3.05, 3.63) is 59.7 Å². The van der Waals surface area contributed by atoms with Crippen molar-refractivity contribution in [1.29, 1.82) is 0 Å². The summed E-state index contributed by atoms with van der Waals surface area (Å²) in [7, 11) is 9.87. The van der Waals surface area contributed by atoms with Crippen LogP contribution in [-0.2, 0) is 26.3 Å². The van der Waals surface area contributed by atoms with Crippen LogP contribution < -0.4 is 0 Å². The Hall–Kier alpha value is -0.627. The van der Waals surface area contributed by atoms with Crippen molar-refractivity contribution in [2.24, 2.45) is 4.99 Å². The summed E-state index contributed by atoms with van der Waals surface area (Å²) >= 11 is -0.826. The molecule has 0 unspecified atom stereocenters. The van der Waals surface area contributed by atoms with Gasteiger partial charge in [-0.1, -0.05) is 57.5 Å². The molecular formula is C19H23Cl2NOZr. The SMILES string of the molecule is CCCC(C)(C)c1cccc(C=Nc2ccccc2)c1O.[Cl][Zr][Cl]. The van der Waals surface area contributed by atoms with E-state index >= 15 is 0 Å². The number of para-hydroxylation sites is 2. The second-order valence-corrected chi connectivity index (χ2v) is 9.77. The molecule has 0 heterocycles. The molecule has 0 bridgehead atoms. The maximum absolute atomic E-state index is 10.5. The summed E-state index contributed by atoms with van der Waals surface area (Å²) in [6.45, 7) is 6.51. The Bertz CT molecular complexity index is 645. The monoisotopic (exact) mass is 441 g/mol. The summed E-state index contributed by atoms with van der Waals surface area (Å²) in [6, 6.07) is 15.6. The molecule has 2 aromatic carbocycles. The first-order valence-corrected chi connectivity index (χ1v) is 14.2. The van der Waals surface area contributed by atoms with Gasteiger partial charge in [-0.3, -0.25) is 4.99 Å². The molecule has 5 heteroatoms. The van der Waals surface area contributed by atoms with Crippen molar-refractivity contribution < 1.29 is 26.0 Å². The molecular weight excluding hydrogens is 420 g/mol. The third kappa shape index (κ3) is 6.71. The summed E-state index contributed by atoms with van der Waals surface area (Å²) in [5.74, 6) is 0.343. The number of nitrogens with zero attached hydrogens (tertiary/aromatic N) is 1. The van der Waals surface area contributed by atoms with E-state index in [9.17, 15) is 5.11 Å². The molecule has 2 aromatic rings. The molecule has 1 N–H and O–H groups in total. The molecule has 0 aliphatic carbocycles. The summed E-state index contributed by atoms with van der Waals surface area (Å²) in [5, 5.41) is 10.5. The first-order valence-electron chi connectivity index (χ1n) is 7.84. The number of hydrogen-bond donors (Lipinski definition) is 1. The summed E-state index contributed by atoms with van der Waals surface area (Å²) < 4.78 is 0. The van der Waals surface area contributed by atoms with Gasteiger partial charge in [0, 0.05) is 17.3 Å². The molecule has 24 heavy (non-hydrogen) atoms. The molecule has 0 aliphatic rings. The first kappa shape index (κ1) is 21.4. The molecule has 0 radical (unpaired) electrons. The molecule has 0 spiro atoms. The van der Waals surface area contributed by atoms with Crippen LogP contribution in [0.3, 0.4) is 0 Å². The second-order valence-electron chi connectivity index (χ2n) is 6.04. The number of benzene rings is 2. The zero-order valence-electron chi connectivity index (χ0n) is 14.3. The van der Waals surface area contributed by atoms with E-state index in [0.717, 1.165) is 29.7 Å². The zero-order valence-corrected chi connectivity index (χ0v) is 18.2. The third-order valence-electron chi connectivity index (χ3n) is 3.78. The number of aromatic hydroxyl groups is 1. The Morgan fingerprint density at radius 3 is 2.29 bits per heavy atom. The molecule has 0 atom stereocenters. The fraction of sp³-hybridized carbons (Fsp3) is 0.316. The van der Waals surface area contributed by atoms with E-state index in [1.54, 1.807) is 6.21 Å². The number of phenolic OH excluding ortho intramolecular Hbond substituents is 1. The molecule has 0 fully saturated rings. The van der Waals surface area contributed by atoms with Gasteiger partial charge in [-0.15, -0.1) is 0 Å². The van der Waals surface area contributed by atoms with Crippen molar-refractivity contribution >= 4 is 28.9 Å². The van der Waals surface area contributed by atoms with Gasteiger partial charge in [-0.25, -0.2) is 0 Å². The normalized spacial score (nSPS) is 11.0. The van der Waals surface area contributed by atoms with Crippen LogP contribution in [0.5, 0.6) is 5.75 Å². The van der Waals surface area contributed by atoms with Gasteiger partial charge in [0.15, 0.2) is 0 Å². The van der Waals surface area contributed by atoms with Crippen molar-refractivity contribution in [2.45, 2.75) is 39.0 Å². The Balaban J connectivity index is 0.000000891. The third-order valence-corrected chi connectivity index (χ3v) is 3.78. The van der Waals surface area contributed by atoms with Crippen LogP contribution in [0.2, 0.25) is 0 Å². The van der Waals surface area contributed by atoms with E-state index in [2.05, 4.69) is 25.8 Å².